The number of aromatic amines is 1. The zero-order valence-electron chi connectivity index (χ0n) is 14.3. The van der Waals surface area contributed by atoms with E-state index in [4.69, 9.17) is 0 Å². The molecule has 3 aromatic rings. The zero-order valence-corrected chi connectivity index (χ0v) is 15.1. The normalized spacial score (nSPS) is 16.6. The first kappa shape index (κ1) is 18.0. The van der Waals surface area contributed by atoms with Gasteiger partial charge in [0.1, 0.15) is 0 Å². The van der Waals surface area contributed by atoms with Crippen LogP contribution in [0.5, 0.6) is 0 Å². The molecule has 1 aromatic carbocycles. The van der Waals surface area contributed by atoms with Crippen LogP contribution in [0.3, 0.4) is 0 Å². The number of thiazole rings is 1. The summed E-state index contributed by atoms with van der Waals surface area (Å²) in [5, 5.41) is 2.36. The number of benzene rings is 1. The van der Waals surface area contributed by atoms with Crippen LogP contribution in [-0.2, 0) is 6.18 Å². The summed E-state index contributed by atoms with van der Waals surface area (Å²) >= 11 is 1.15. The molecule has 1 N–H and O–H groups in total. The third-order valence-electron chi connectivity index (χ3n) is 4.67. The van der Waals surface area contributed by atoms with Gasteiger partial charge in [-0.2, -0.15) is 17.9 Å². The lowest BCUT2D eigenvalue weighted by Gasteiger charge is -2.17. The molecule has 1 aliphatic rings. The highest BCUT2D eigenvalue weighted by molar-refractivity contribution is 7.20. The van der Waals surface area contributed by atoms with Gasteiger partial charge in [0.2, 0.25) is 5.13 Å². The number of nitrogens with one attached hydrogen (secondary N) is 1. The van der Waals surface area contributed by atoms with Crippen LogP contribution in [0.25, 0.3) is 15.3 Å². The Kier molecular flexibility index (Phi) is 4.63. The minimum absolute atomic E-state index is 0.0231. The number of halogens is 3. The Morgan fingerprint density at radius 2 is 1.96 bits per heavy atom. The molecule has 2 aromatic heterocycles. The molecule has 0 aliphatic heterocycles. The molecule has 1 saturated carbocycles. The number of fused-ring (bicyclic) bond motifs is 1. The van der Waals surface area contributed by atoms with E-state index in [1.165, 1.54) is 0 Å². The summed E-state index contributed by atoms with van der Waals surface area (Å²) < 4.78 is 42.0. The molecule has 1 aliphatic carbocycles. The summed E-state index contributed by atoms with van der Waals surface area (Å²) in [6.45, 7) is 0. The van der Waals surface area contributed by atoms with Gasteiger partial charge < -0.3 is 0 Å². The zero-order chi connectivity index (χ0) is 19.0. The molecule has 142 valence electrons. The van der Waals surface area contributed by atoms with Crippen LogP contribution in [0.15, 0.2) is 34.1 Å². The van der Waals surface area contributed by atoms with Crippen molar-refractivity contribution in [1.82, 2.24) is 14.8 Å². The molecule has 27 heavy (non-hydrogen) atoms. The van der Waals surface area contributed by atoms with E-state index in [0.717, 1.165) is 59.0 Å². The number of H-pyrrole nitrogens is 1. The molecular formula is C18H17F3N4OS. The van der Waals surface area contributed by atoms with E-state index in [2.05, 4.69) is 15.1 Å². The molecule has 5 nitrogen and oxygen atoms in total. The van der Waals surface area contributed by atoms with Gasteiger partial charge in [-0.05, 0) is 25.0 Å². The number of aliphatic imine (C=N–C) groups is 1. The number of aromatic nitrogens is 3. The van der Waals surface area contributed by atoms with Crippen molar-refractivity contribution in [2.45, 2.75) is 44.3 Å². The van der Waals surface area contributed by atoms with Crippen molar-refractivity contribution < 1.29 is 13.2 Å². The molecular weight excluding hydrogens is 377 g/mol. The summed E-state index contributed by atoms with van der Waals surface area (Å²) in [4.78, 5) is 21.2. The van der Waals surface area contributed by atoms with Gasteiger partial charge in [-0.3, -0.25) is 14.9 Å². The molecule has 0 saturated heterocycles. The predicted molar refractivity (Wildman–Crippen MR) is 99.0 cm³/mol. The van der Waals surface area contributed by atoms with Crippen LogP contribution < -0.4 is 5.56 Å². The number of rotatable bonds is 3. The van der Waals surface area contributed by atoms with Gasteiger partial charge in [-0.1, -0.05) is 42.7 Å². The summed E-state index contributed by atoms with van der Waals surface area (Å²) in [5.41, 5.74) is -1.72. The Morgan fingerprint density at radius 1 is 1.22 bits per heavy atom. The molecule has 0 bridgehead atoms. The first-order valence-corrected chi connectivity index (χ1v) is 9.56. The minimum Gasteiger partial charge on any atom is -0.289 e. The van der Waals surface area contributed by atoms with Gasteiger partial charge in [-0.15, -0.1) is 0 Å². The van der Waals surface area contributed by atoms with Crippen LogP contribution in [0.2, 0.25) is 0 Å². The summed E-state index contributed by atoms with van der Waals surface area (Å²) in [6.07, 6.45) is 1.22. The topological polar surface area (TPSA) is 63.0 Å². The summed E-state index contributed by atoms with van der Waals surface area (Å²) in [7, 11) is 0. The molecule has 4 rings (SSSR count). The van der Waals surface area contributed by atoms with Gasteiger partial charge in [0.05, 0.1) is 15.8 Å². The fourth-order valence-corrected chi connectivity index (χ4v) is 4.21. The van der Waals surface area contributed by atoms with Gasteiger partial charge in [0, 0.05) is 12.3 Å². The first-order valence-electron chi connectivity index (χ1n) is 8.75. The van der Waals surface area contributed by atoms with Crippen LogP contribution in [0.4, 0.5) is 13.2 Å². The van der Waals surface area contributed by atoms with E-state index in [1.807, 2.05) is 6.07 Å². The smallest absolute Gasteiger partial charge is 0.289 e. The van der Waals surface area contributed by atoms with Gasteiger partial charge in [0.25, 0.3) is 5.56 Å². The van der Waals surface area contributed by atoms with Crippen molar-refractivity contribution in [3.8, 4) is 5.13 Å². The fourth-order valence-electron chi connectivity index (χ4n) is 3.29. The maximum atomic E-state index is 13.5. The van der Waals surface area contributed by atoms with Crippen molar-refractivity contribution in [3.05, 3.63) is 45.9 Å². The standard InChI is InChI=1S/C18H17F3N4OS/c19-18(20,21)15-12(10-22-11-6-2-1-3-7-11)16(26)25(24-15)17-23-13-8-4-5-9-14(13)27-17/h4-5,8-11,24H,1-3,6-7H2. The van der Waals surface area contributed by atoms with Crippen LogP contribution >= 0.6 is 11.3 Å². The van der Waals surface area contributed by atoms with Gasteiger partial charge >= 0.3 is 6.18 Å². The summed E-state index contributed by atoms with van der Waals surface area (Å²) in [6, 6.07) is 7.13. The number of nitrogens with zero attached hydrogens (tertiary/aromatic N) is 3. The maximum Gasteiger partial charge on any atom is 0.433 e. The second kappa shape index (κ2) is 6.95. The molecule has 1 fully saturated rings. The molecule has 2 heterocycles. The molecule has 0 unspecified atom stereocenters. The van der Waals surface area contributed by atoms with Crippen molar-refractivity contribution in [2.24, 2.45) is 4.99 Å². The first-order chi connectivity index (χ1) is 12.9. The lowest BCUT2D eigenvalue weighted by atomic mass is 9.96. The lowest BCUT2D eigenvalue weighted by Crippen LogP contribution is -2.18. The number of para-hydroxylation sites is 1. The molecule has 0 amide bonds. The van der Waals surface area contributed by atoms with Crippen LogP contribution in [0, 0.1) is 0 Å². The van der Waals surface area contributed by atoms with Crippen molar-refractivity contribution in [3.63, 3.8) is 0 Å². The third-order valence-corrected chi connectivity index (χ3v) is 5.69. The Bertz CT molecular complexity index is 1010. The molecule has 0 radical (unpaired) electrons. The van der Waals surface area contributed by atoms with Crippen LogP contribution in [-0.4, -0.2) is 27.0 Å². The second-order valence-electron chi connectivity index (χ2n) is 6.57. The third kappa shape index (κ3) is 3.55. The Labute approximate surface area is 156 Å². The Hall–Kier alpha value is -2.42. The van der Waals surface area contributed by atoms with E-state index in [9.17, 15) is 18.0 Å². The number of hydrogen-bond acceptors (Lipinski definition) is 4. The van der Waals surface area contributed by atoms with Gasteiger partial charge in [0.15, 0.2) is 5.69 Å². The average Bonchev–Trinajstić information content (AvgIpc) is 3.21. The molecule has 9 heteroatoms. The van der Waals surface area contributed by atoms with Crippen molar-refractivity contribution in [1.29, 1.82) is 0 Å². The van der Waals surface area contributed by atoms with E-state index >= 15 is 0 Å². The van der Waals surface area contributed by atoms with Gasteiger partial charge in [-0.25, -0.2) is 4.98 Å². The van der Waals surface area contributed by atoms with Crippen LogP contribution in [0.1, 0.15) is 43.4 Å². The highest BCUT2D eigenvalue weighted by Gasteiger charge is 2.38. The lowest BCUT2D eigenvalue weighted by molar-refractivity contribution is -0.141. The molecule has 0 atom stereocenters. The van der Waals surface area contributed by atoms with E-state index < -0.39 is 23.0 Å². The van der Waals surface area contributed by atoms with E-state index in [-0.39, 0.29) is 11.2 Å². The van der Waals surface area contributed by atoms with Crippen molar-refractivity contribution >= 4 is 27.8 Å². The minimum atomic E-state index is -4.69. The SMILES string of the molecule is O=c1c(C=NC2CCCCC2)c(C(F)(F)F)[nH]n1-c1nc2ccccc2s1. The van der Waals surface area contributed by atoms with E-state index in [0.29, 0.717) is 5.52 Å². The quantitative estimate of drug-likeness (QED) is 0.663. The van der Waals surface area contributed by atoms with E-state index in [1.54, 1.807) is 18.2 Å². The monoisotopic (exact) mass is 394 g/mol. The fraction of sp³-hybridized carbons (Fsp3) is 0.389. The summed E-state index contributed by atoms with van der Waals surface area (Å²) in [5.74, 6) is 0. The highest BCUT2D eigenvalue weighted by atomic mass is 32.1. The largest absolute Gasteiger partial charge is 0.433 e. The number of hydrogen-bond donors (Lipinski definition) is 1. The predicted octanol–water partition coefficient (Wildman–Crippen LogP) is 4.55. The molecule has 0 spiro atoms. The average molecular weight is 394 g/mol. The Balaban J connectivity index is 1.78. The highest BCUT2D eigenvalue weighted by Crippen LogP contribution is 2.30. The number of alkyl halides is 3. The second-order valence-corrected chi connectivity index (χ2v) is 7.58. The Morgan fingerprint density at radius 3 is 2.67 bits per heavy atom. The maximum absolute atomic E-state index is 13.5. The van der Waals surface area contributed by atoms with Crippen molar-refractivity contribution in [2.75, 3.05) is 0 Å².